The second-order valence-electron chi connectivity index (χ2n) is 5.17. The molecule has 0 radical (unpaired) electrons. The van der Waals surface area contributed by atoms with Crippen LogP contribution in [0.4, 0.5) is 0 Å². The van der Waals surface area contributed by atoms with E-state index in [0.29, 0.717) is 0 Å². The van der Waals surface area contributed by atoms with Gasteiger partial charge >= 0.3 is 0 Å². The van der Waals surface area contributed by atoms with Gasteiger partial charge in [-0.1, -0.05) is 48.2 Å². The number of rotatable bonds is 9. The van der Waals surface area contributed by atoms with Gasteiger partial charge in [0.15, 0.2) is 0 Å². The van der Waals surface area contributed by atoms with Crippen molar-refractivity contribution in [3.05, 3.63) is 36.4 Å². The van der Waals surface area contributed by atoms with E-state index in [1.807, 2.05) is 6.08 Å². The van der Waals surface area contributed by atoms with Crippen LogP contribution in [0.5, 0.6) is 0 Å². The molecule has 0 heterocycles. The molecular weight excluding hydrogens is 250 g/mol. The molecule has 2 nitrogen and oxygen atoms in total. The minimum absolute atomic E-state index is 0.821. The number of ether oxygens (including phenoxy) is 1. The smallest absolute Gasteiger partial charge is 0.100 e. The molecule has 1 aromatic rings. The lowest BCUT2D eigenvalue weighted by atomic mass is 10.2. The van der Waals surface area contributed by atoms with Gasteiger partial charge in [0.05, 0.1) is 0 Å². The third-order valence-corrected chi connectivity index (χ3v) is 6.40. The Morgan fingerprint density at radius 1 is 1.26 bits per heavy atom. The van der Waals surface area contributed by atoms with Crippen LogP contribution in [0.3, 0.4) is 0 Å². The van der Waals surface area contributed by atoms with Crippen molar-refractivity contribution in [3.8, 4) is 0 Å². The standard InChI is InChI=1S/C16H27NOSi/c1-5-15-8-10-16(11-9-15)19(14-18-6-2)13-7-12-17(3)4/h5,8-11,19H,1,6-7,12-14H2,2-4H3. The van der Waals surface area contributed by atoms with E-state index in [-0.39, 0.29) is 0 Å². The van der Waals surface area contributed by atoms with Crippen molar-refractivity contribution >= 4 is 20.1 Å². The second-order valence-corrected chi connectivity index (χ2v) is 8.14. The lowest BCUT2D eigenvalue weighted by molar-refractivity contribution is 0.191. The predicted octanol–water partition coefficient (Wildman–Crippen LogP) is 2.29. The first-order valence-corrected chi connectivity index (χ1v) is 9.33. The Morgan fingerprint density at radius 2 is 1.95 bits per heavy atom. The summed E-state index contributed by atoms with van der Waals surface area (Å²) in [6.07, 6.45) is 4.12. The Labute approximate surface area is 119 Å². The van der Waals surface area contributed by atoms with E-state index in [4.69, 9.17) is 4.74 Å². The maximum atomic E-state index is 5.69. The summed E-state index contributed by atoms with van der Waals surface area (Å²) in [6, 6.07) is 10.2. The van der Waals surface area contributed by atoms with Crippen molar-refractivity contribution in [2.45, 2.75) is 19.4 Å². The van der Waals surface area contributed by atoms with Gasteiger partial charge in [-0.15, -0.1) is 0 Å². The Bertz CT molecular complexity index is 362. The summed E-state index contributed by atoms with van der Waals surface area (Å²) in [5.74, 6) is 0. The molecule has 0 spiro atoms. The van der Waals surface area contributed by atoms with Gasteiger partial charge in [0, 0.05) is 12.8 Å². The lowest BCUT2D eigenvalue weighted by Gasteiger charge is -2.17. The van der Waals surface area contributed by atoms with Crippen LogP contribution in [0, 0.1) is 0 Å². The van der Waals surface area contributed by atoms with E-state index in [1.54, 1.807) is 0 Å². The average Bonchev–Trinajstić information content (AvgIpc) is 2.42. The molecule has 0 amide bonds. The molecule has 0 aliphatic carbocycles. The summed E-state index contributed by atoms with van der Waals surface area (Å²) >= 11 is 0. The Kier molecular flexibility index (Phi) is 7.71. The van der Waals surface area contributed by atoms with Crippen LogP contribution in [-0.2, 0) is 4.74 Å². The third kappa shape index (κ3) is 6.19. The Morgan fingerprint density at radius 3 is 2.47 bits per heavy atom. The van der Waals surface area contributed by atoms with Gasteiger partial charge in [-0.05, 0) is 39.5 Å². The van der Waals surface area contributed by atoms with E-state index in [9.17, 15) is 0 Å². The van der Waals surface area contributed by atoms with Crippen molar-refractivity contribution in [3.63, 3.8) is 0 Å². The van der Waals surface area contributed by atoms with Crippen LogP contribution < -0.4 is 5.19 Å². The molecule has 1 rings (SSSR count). The van der Waals surface area contributed by atoms with E-state index in [0.717, 1.165) is 12.8 Å². The van der Waals surface area contributed by atoms with Crippen molar-refractivity contribution < 1.29 is 4.74 Å². The van der Waals surface area contributed by atoms with Crippen LogP contribution in [0.1, 0.15) is 18.9 Å². The van der Waals surface area contributed by atoms with Crippen molar-refractivity contribution in [1.29, 1.82) is 0 Å². The van der Waals surface area contributed by atoms with E-state index in [1.165, 1.54) is 29.8 Å². The first-order chi connectivity index (χ1) is 9.17. The molecule has 106 valence electrons. The molecule has 3 heteroatoms. The monoisotopic (exact) mass is 277 g/mol. The Balaban J connectivity index is 2.62. The maximum Gasteiger partial charge on any atom is 0.100 e. The van der Waals surface area contributed by atoms with E-state index >= 15 is 0 Å². The first kappa shape index (κ1) is 16.2. The minimum Gasteiger partial charge on any atom is -0.385 e. The molecule has 1 aromatic carbocycles. The number of benzene rings is 1. The van der Waals surface area contributed by atoms with Gasteiger partial charge in [-0.25, -0.2) is 0 Å². The first-order valence-electron chi connectivity index (χ1n) is 7.12. The van der Waals surface area contributed by atoms with E-state index < -0.39 is 8.80 Å². The topological polar surface area (TPSA) is 12.5 Å². The molecule has 0 aromatic heterocycles. The summed E-state index contributed by atoms with van der Waals surface area (Å²) in [7, 11) is 3.29. The fourth-order valence-corrected chi connectivity index (χ4v) is 4.79. The lowest BCUT2D eigenvalue weighted by Crippen LogP contribution is -2.36. The molecule has 0 bridgehead atoms. The van der Waals surface area contributed by atoms with Crippen molar-refractivity contribution in [2.75, 3.05) is 33.5 Å². The highest BCUT2D eigenvalue weighted by Gasteiger charge is 2.13. The number of hydrogen-bond donors (Lipinski definition) is 0. The molecule has 19 heavy (non-hydrogen) atoms. The van der Waals surface area contributed by atoms with Crippen LogP contribution in [-0.4, -0.2) is 47.2 Å². The fraction of sp³-hybridized carbons (Fsp3) is 0.500. The molecule has 0 N–H and O–H groups in total. The molecule has 0 fully saturated rings. The molecular formula is C16H27NOSi. The summed E-state index contributed by atoms with van der Waals surface area (Å²) < 4.78 is 5.69. The normalized spacial score (nSPS) is 12.6. The molecule has 1 unspecified atom stereocenters. The van der Waals surface area contributed by atoms with Gasteiger partial charge in [0.25, 0.3) is 0 Å². The van der Waals surface area contributed by atoms with Gasteiger partial charge < -0.3 is 9.64 Å². The second kappa shape index (κ2) is 9.07. The number of hydrogen-bond acceptors (Lipinski definition) is 2. The molecule has 0 aliphatic rings. The Hall–Kier alpha value is -0.903. The number of nitrogens with zero attached hydrogens (tertiary/aromatic N) is 1. The highest BCUT2D eigenvalue weighted by atomic mass is 28.3. The highest BCUT2D eigenvalue weighted by Crippen LogP contribution is 2.04. The summed E-state index contributed by atoms with van der Waals surface area (Å²) in [4.78, 5) is 2.26. The van der Waals surface area contributed by atoms with E-state index in [2.05, 4.69) is 56.8 Å². The molecule has 0 aliphatic heterocycles. The highest BCUT2D eigenvalue weighted by molar-refractivity contribution is 6.73. The summed E-state index contributed by atoms with van der Waals surface area (Å²) in [5, 5.41) is 1.51. The quantitative estimate of drug-likeness (QED) is 0.642. The zero-order valence-electron chi connectivity index (χ0n) is 12.6. The zero-order valence-corrected chi connectivity index (χ0v) is 13.7. The SMILES string of the molecule is C=Cc1ccc([SiH](CCCN(C)C)COCC)cc1. The zero-order chi connectivity index (χ0) is 14.1. The van der Waals surface area contributed by atoms with Crippen molar-refractivity contribution in [2.24, 2.45) is 0 Å². The largest absolute Gasteiger partial charge is 0.385 e. The predicted molar refractivity (Wildman–Crippen MR) is 87.8 cm³/mol. The van der Waals surface area contributed by atoms with Crippen LogP contribution in [0.15, 0.2) is 30.8 Å². The summed E-state index contributed by atoms with van der Waals surface area (Å²) in [5.41, 5.74) is 1.20. The fourth-order valence-electron chi connectivity index (χ4n) is 2.16. The third-order valence-electron chi connectivity index (χ3n) is 3.32. The summed E-state index contributed by atoms with van der Waals surface area (Å²) in [6.45, 7) is 7.87. The average molecular weight is 277 g/mol. The minimum atomic E-state index is -0.983. The van der Waals surface area contributed by atoms with Crippen molar-refractivity contribution in [1.82, 2.24) is 4.90 Å². The molecule has 0 saturated carbocycles. The van der Waals surface area contributed by atoms with Gasteiger partial charge in [-0.3, -0.25) is 0 Å². The maximum absolute atomic E-state index is 5.69. The molecule has 1 atom stereocenters. The van der Waals surface area contributed by atoms with Crippen LogP contribution in [0.2, 0.25) is 6.04 Å². The van der Waals surface area contributed by atoms with Gasteiger partial charge in [-0.2, -0.15) is 0 Å². The molecule has 0 saturated heterocycles. The van der Waals surface area contributed by atoms with Crippen LogP contribution in [0.25, 0.3) is 6.08 Å². The van der Waals surface area contributed by atoms with Gasteiger partial charge in [0.1, 0.15) is 8.80 Å². The van der Waals surface area contributed by atoms with Crippen LogP contribution >= 0.6 is 0 Å². The van der Waals surface area contributed by atoms with Gasteiger partial charge in [0.2, 0.25) is 0 Å².